The molecule has 2 aliphatic heterocycles. The Morgan fingerprint density at radius 2 is 2.19 bits per heavy atom. The van der Waals surface area contributed by atoms with E-state index in [2.05, 4.69) is 20.6 Å². The van der Waals surface area contributed by atoms with Crippen LogP contribution < -0.4 is 21.3 Å². The zero-order valence-electron chi connectivity index (χ0n) is 17.2. The third-order valence-corrected chi connectivity index (χ3v) is 5.48. The molecule has 0 unspecified atom stereocenters. The van der Waals surface area contributed by atoms with Gasteiger partial charge in [0.2, 0.25) is 5.91 Å². The molecule has 0 atom stereocenters. The molecule has 0 fully saturated rings. The molecule has 1 aromatic heterocycles. The van der Waals surface area contributed by atoms with Gasteiger partial charge in [0.15, 0.2) is 5.82 Å². The first-order valence-electron chi connectivity index (χ1n) is 10.1. The number of aromatic nitrogens is 1. The van der Waals surface area contributed by atoms with E-state index in [0.717, 1.165) is 18.4 Å². The van der Waals surface area contributed by atoms with E-state index in [-0.39, 0.29) is 11.5 Å². The average molecular weight is 426 g/mol. The number of nitrogens with zero attached hydrogens (tertiary/aromatic N) is 3. The number of anilines is 4. The summed E-state index contributed by atoms with van der Waals surface area (Å²) < 4.78 is 28.1. The highest BCUT2D eigenvalue weighted by molar-refractivity contribution is 6.10. The summed E-state index contributed by atoms with van der Waals surface area (Å²) in [5.74, 6) is 0.532. The lowest BCUT2D eigenvalue weighted by molar-refractivity contribution is -0.115. The van der Waals surface area contributed by atoms with Crippen LogP contribution in [0.3, 0.4) is 0 Å². The minimum atomic E-state index is -2.68. The minimum absolute atomic E-state index is 0.0780. The molecular weight excluding hydrogens is 402 g/mol. The molecule has 0 spiro atoms. The molecule has 0 saturated carbocycles. The molecule has 31 heavy (non-hydrogen) atoms. The standard InChI is InChI=1S/C22H24F2N6O/c1-26-12-14(11-25)15-9-13-3-2-8-30(18(13)10-16(15)21(23)24)22-20-17(4-6-28-22)29-19(31)5-7-27-20/h4,6,9-12,21,27H,2-3,5,7-8,25H2,1H3,(H,29,31). The molecule has 0 saturated heterocycles. The van der Waals surface area contributed by atoms with Crippen molar-refractivity contribution in [3.63, 3.8) is 0 Å². The van der Waals surface area contributed by atoms with E-state index < -0.39 is 6.43 Å². The molecule has 0 bridgehead atoms. The first-order valence-corrected chi connectivity index (χ1v) is 10.1. The molecule has 7 nitrogen and oxygen atoms in total. The molecule has 3 heterocycles. The Morgan fingerprint density at radius 3 is 2.94 bits per heavy atom. The second-order valence-electron chi connectivity index (χ2n) is 7.42. The van der Waals surface area contributed by atoms with E-state index in [4.69, 9.17) is 5.73 Å². The fourth-order valence-electron chi connectivity index (χ4n) is 4.09. The number of aryl methyl sites for hydroxylation is 1. The number of pyridine rings is 1. The van der Waals surface area contributed by atoms with E-state index in [1.165, 1.54) is 18.5 Å². The Bertz CT molecular complexity index is 1070. The number of rotatable bonds is 4. The van der Waals surface area contributed by atoms with Gasteiger partial charge in [0.25, 0.3) is 6.43 Å². The summed E-state index contributed by atoms with van der Waals surface area (Å²) in [6, 6.07) is 5.04. The molecule has 2 aromatic rings. The highest BCUT2D eigenvalue weighted by atomic mass is 19.3. The van der Waals surface area contributed by atoms with Crippen molar-refractivity contribution in [2.75, 3.05) is 35.7 Å². The maximum Gasteiger partial charge on any atom is 0.264 e. The molecule has 2 aliphatic rings. The molecule has 162 valence electrons. The van der Waals surface area contributed by atoms with Gasteiger partial charge >= 0.3 is 0 Å². The molecule has 1 aromatic carbocycles. The topological polar surface area (TPSA) is 95.6 Å². The number of hydrogen-bond donors (Lipinski definition) is 3. The van der Waals surface area contributed by atoms with Gasteiger partial charge in [-0.2, -0.15) is 0 Å². The number of hydrogen-bond acceptors (Lipinski definition) is 6. The van der Waals surface area contributed by atoms with Crippen LogP contribution in [0.15, 0.2) is 35.6 Å². The van der Waals surface area contributed by atoms with Crippen LogP contribution in [0.5, 0.6) is 0 Å². The number of fused-ring (bicyclic) bond motifs is 2. The summed E-state index contributed by atoms with van der Waals surface area (Å²) in [5.41, 5.74) is 9.39. The Morgan fingerprint density at radius 1 is 1.35 bits per heavy atom. The van der Waals surface area contributed by atoms with Crippen molar-refractivity contribution in [3.05, 3.63) is 47.3 Å². The number of benzene rings is 1. The van der Waals surface area contributed by atoms with Crippen molar-refractivity contribution < 1.29 is 13.6 Å². The first kappa shape index (κ1) is 20.8. The smallest absolute Gasteiger partial charge is 0.264 e. The van der Waals surface area contributed by atoms with Gasteiger partial charge in [-0.05, 0) is 42.2 Å². The number of amides is 1. The predicted octanol–water partition coefficient (Wildman–Crippen LogP) is 3.86. The number of allylic oxidation sites excluding steroid dienone is 1. The second-order valence-corrected chi connectivity index (χ2v) is 7.42. The molecule has 1 amide bonds. The quantitative estimate of drug-likeness (QED) is 0.646. The SMILES string of the molecule is CN=CC(=CN)c1cc2c(cc1C(F)F)N(c1nccc3c1NCCC(=O)N3)CCC2. The highest BCUT2D eigenvalue weighted by Gasteiger charge is 2.28. The number of carbonyl (C=O) groups excluding carboxylic acids is 1. The number of carbonyl (C=O) groups is 1. The van der Waals surface area contributed by atoms with Crippen molar-refractivity contribution in [1.82, 2.24) is 4.98 Å². The monoisotopic (exact) mass is 426 g/mol. The number of nitrogens with two attached hydrogens (primary N) is 1. The van der Waals surface area contributed by atoms with Crippen LogP contribution in [0.1, 0.15) is 36.0 Å². The van der Waals surface area contributed by atoms with Crippen LogP contribution in [0, 0.1) is 0 Å². The summed E-state index contributed by atoms with van der Waals surface area (Å²) in [7, 11) is 1.57. The normalized spacial score (nSPS) is 16.6. The molecule has 4 rings (SSSR count). The summed E-state index contributed by atoms with van der Waals surface area (Å²) in [6.07, 6.45) is 3.65. The Balaban J connectivity index is 1.85. The maximum atomic E-state index is 14.0. The van der Waals surface area contributed by atoms with Gasteiger partial charge < -0.3 is 21.3 Å². The van der Waals surface area contributed by atoms with Gasteiger partial charge in [0, 0.05) is 62.0 Å². The van der Waals surface area contributed by atoms with Crippen molar-refractivity contribution in [2.45, 2.75) is 25.7 Å². The second kappa shape index (κ2) is 8.71. The van der Waals surface area contributed by atoms with E-state index in [1.54, 1.807) is 25.4 Å². The summed E-state index contributed by atoms with van der Waals surface area (Å²) in [6.45, 7) is 1.10. The fraction of sp³-hybridized carbons (Fsp3) is 0.318. The Kier molecular flexibility index (Phi) is 5.83. The summed E-state index contributed by atoms with van der Waals surface area (Å²) in [4.78, 5) is 22.4. The van der Waals surface area contributed by atoms with Gasteiger partial charge in [-0.25, -0.2) is 13.8 Å². The van der Waals surface area contributed by atoms with Gasteiger partial charge in [-0.15, -0.1) is 0 Å². The fourth-order valence-corrected chi connectivity index (χ4v) is 4.09. The van der Waals surface area contributed by atoms with Crippen molar-refractivity contribution >= 4 is 40.6 Å². The van der Waals surface area contributed by atoms with Gasteiger partial charge in [-0.1, -0.05) is 0 Å². The molecule has 9 heteroatoms. The third-order valence-electron chi connectivity index (χ3n) is 5.48. The van der Waals surface area contributed by atoms with Crippen LogP contribution in [0.2, 0.25) is 0 Å². The Hall–Kier alpha value is -3.49. The van der Waals surface area contributed by atoms with Crippen molar-refractivity contribution in [2.24, 2.45) is 10.7 Å². The van der Waals surface area contributed by atoms with Crippen molar-refractivity contribution in [3.8, 4) is 0 Å². The lowest BCUT2D eigenvalue weighted by Gasteiger charge is -2.33. The molecule has 0 aliphatic carbocycles. The van der Waals surface area contributed by atoms with Gasteiger partial charge in [0.1, 0.15) is 5.69 Å². The lowest BCUT2D eigenvalue weighted by Crippen LogP contribution is -2.27. The van der Waals surface area contributed by atoms with Crippen molar-refractivity contribution in [1.29, 1.82) is 0 Å². The van der Waals surface area contributed by atoms with E-state index in [9.17, 15) is 13.6 Å². The minimum Gasteiger partial charge on any atom is -0.404 e. The van der Waals surface area contributed by atoms with E-state index in [0.29, 0.717) is 53.5 Å². The van der Waals surface area contributed by atoms with Crippen LogP contribution in [0.25, 0.3) is 5.57 Å². The number of halogens is 2. The highest BCUT2D eigenvalue weighted by Crippen LogP contribution is 2.42. The van der Waals surface area contributed by atoms with Gasteiger partial charge in [0.05, 0.1) is 5.69 Å². The lowest BCUT2D eigenvalue weighted by atomic mass is 9.92. The molecular formula is C22H24F2N6O. The summed E-state index contributed by atoms with van der Waals surface area (Å²) >= 11 is 0. The van der Waals surface area contributed by atoms with Crippen LogP contribution >= 0.6 is 0 Å². The average Bonchev–Trinajstić information content (AvgIpc) is 2.96. The van der Waals surface area contributed by atoms with Gasteiger partial charge in [-0.3, -0.25) is 9.79 Å². The number of nitrogens with one attached hydrogen (secondary N) is 2. The predicted molar refractivity (Wildman–Crippen MR) is 119 cm³/mol. The summed E-state index contributed by atoms with van der Waals surface area (Å²) in [5, 5.41) is 6.14. The molecule has 4 N–H and O–H groups in total. The Labute approximate surface area is 179 Å². The number of aliphatic imine (C=N–C) groups is 1. The van der Waals surface area contributed by atoms with Crippen LogP contribution in [-0.4, -0.2) is 37.2 Å². The van der Waals surface area contributed by atoms with Crippen LogP contribution in [0.4, 0.5) is 31.7 Å². The maximum absolute atomic E-state index is 14.0. The van der Waals surface area contributed by atoms with Crippen LogP contribution in [-0.2, 0) is 11.2 Å². The zero-order valence-corrected chi connectivity index (χ0v) is 17.2. The number of alkyl halides is 2. The third kappa shape index (κ3) is 3.95. The largest absolute Gasteiger partial charge is 0.404 e. The first-order chi connectivity index (χ1) is 15.0. The van der Waals surface area contributed by atoms with E-state index in [1.807, 2.05) is 4.90 Å². The van der Waals surface area contributed by atoms with E-state index >= 15 is 0 Å². The zero-order chi connectivity index (χ0) is 22.0. The molecule has 0 radical (unpaired) electrons.